The van der Waals surface area contributed by atoms with E-state index in [0.717, 1.165) is 43.6 Å². The molecule has 2 rings (SSSR count). The SMILES string of the molecule is CCS(=O)CCN1CCCNC(C)(C2CC2)C1. The third-order valence-electron chi connectivity index (χ3n) is 4.17. The second kappa shape index (κ2) is 5.81. The molecule has 1 saturated heterocycles. The molecule has 17 heavy (non-hydrogen) atoms. The van der Waals surface area contributed by atoms with E-state index >= 15 is 0 Å². The quantitative estimate of drug-likeness (QED) is 0.805. The highest BCUT2D eigenvalue weighted by Crippen LogP contribution is 2.40. The van der Waals surface area contributed by atoms with E-state index in [1.807, 2.05) is 6.92 Å². The summed E-state index contributed by atoms with van der Waals surface area (Å²) in [5.41, 5.74) is 0.310. The number of hydrogen-bond donors (Lipinski definition) is 1. The molecule has 1 saturated carbocycles. The Morgan fingerprint density at radius 3 is 2.88 bits per heavy atom. The first-order valence-electron chi connectivity index (χ1n) is 6.96. The Morgan fingerprint density at radius 2 is 2.24 bits per heavy atom. The Labute approximate surface area is 108 Å². The van der Waals surface area contributed by atoms with Crippen molar-refractivity contribution in [3.63, 3.8) is 0 Å². The fourth-order valence-corrected chi connectivity index (χ4v) is 3.59. The van der Waals surface area contributed by atoms with Crippen molar-refractivity contribution in [3.05, 3.63) is 0 Å². The molecular formula is C13H26N2OS. The second-order valence-electron chi connectivity index (χ2n) is 5.68. The van der Waals surface area contributed by atoms with Gasteiger partial charge in [0.2, 0.25) is 0 Å². The molecule has 2 aliphatic rings. The number of nitrogens with zero attached hydrogens (tertiary/aromatic N) is 1. The average Bonchev–Trinajstić information content (AvgIpc) is 3.13. The Morgan fingerprint density at radius 1 is 1.47 bits per heavy atom. The number of hydrogen-bond acceptors (Lipinski definition) is 3. The van der Waals surface area contributed by atoms with E-state index in [1.54, 1.807) is 0 Å². The highest BCUT2D eigenvalue weighted by molar-refractivity contribution is 7.84. The molecule has 100 valence electrons. The molecule has 2 atom stereocenters. The zero-order valence-electron chi connectivity index (χ0n) is 11.2. The summed E-state index contributed by atoms with van der Waals surface area (Å²) in [6.45, 7) is 8.83. The molecule has 2 fully saturated rings. The van der Waals surface area contributed by atoms with Crippen LogP contribution in [0.4, 0.5) is 0 Å². The van der Waals surface area contributed by atoms with Crippen molar-refractivity contribution in [2.75, 3.05) is 37.7 Å². The van der Waals surface area contributed by atoms with Crippen LogP contribution in [-0.4, -0.2) is 52.3 Å². The van der Waals surface area contributed by atoms with Gasteiger partial charge < -0.3 is 10.2 Å². The largest absolute Gasteiger partial charge is 0.310 e. The van der Waals surface area contributed by atoms with Crippen LogP contribution < -0.4 is 5.32 Å². The van der Waals surface area contributed by atoms with Gasteiger partial charge in [0.1, 0.15) is 0 Å². The third kappa shape index (κ3) is 3.76. The fourth-order valence-electron chi connectivity index (χ4n) is 2.84. The Balaban J connectivity index is 1.86. The molecule has 1 heterocycles. The van der Waals surface area contributed by atoms with Gasteiger partial charge in [0.15, 0.2) is 0 Å². The molecule has 3 nitrogen and oxygen atoms in total. The number of rotatable bonds is 5. The molecule has 0 bridgehead atoms. The van der Waals surface area contributed by atoms with Gasteiger partial charge in [0.25, 0.3) is 0 Å². The summed E-state index contributed by atoms with van der Waals surface area (Å²) in [5, 5.41) is 3.73. The molecule has 0 spiro atoms. The zero-order chi connectivity index (χ0) is 12.3. The van der Waals surface area contributed by atoms with E-state index < -0.39 is 10.8 Å². The lowest BCUT2D eigenvalue weighted by molar-refractivity contribution is 0.209. The average molecular weight is 258 g/mol. The molecule has 4 heteroatoms. The van der Waals surface area contributed by atoms with Crippen LogP contribution in [0.2, 0.25) is 0 Å². The summed E-state index contributed by atoms with van der Waals surface area (Å²) in [7, 11) is -0.616. The van der Waals surface area contributed by atoms with E-state index in [4.69, 9.17) is 0 Å². The summed E-state index contributed by atoms with van der Waals surface area (Å²) in [6, 6.07) is 0. The van der Waals surface area contributed by atoms with Gasteiger partial charge in [-0.05, 0) is 45.2 Å². The van der Waals surface area contributed by atoms with Gasteiger partial charge in [-0.2, -0.15) is 0 Å². The summed E-state index contributed by atoms with van der Waals surface area (Å²) in [6.07, 6.45) is 4.00. The molecule has 2 unspecified atom stereocenters. The van der Waals surface area contributed by atoms with Crippen LogP contribution >= 0.6 is 0 Å². The Kier molecular flexibility index (Phi) is 4.61. The molecule has 1 N–H and O–H groups in total. The second-order valence-corrected chi connectivity index (χ2v) is 7.55. The number of nitrogens with one attached hydrogen (secondary N) is 1. The predicted molar refractivity (Wildman–Crippen MR) is 73.7 cm³/mol. The van der Waals surface area contributed by atoms with Crippen molar-refractivity contribution in [1.82, 2.24) is 10.2 Å². The lowest BCUT2D eigenvalue weighted by atomic mass is 9.95. The van der Waals surface area contributed by atoms with E-state index in [9.17, 15) is 4.21 Å². The molecule has 1 aliphatic heterocycles. The molecule has 0 amide bonds. The maximum absolute atomic E-state index is 11.5. The predicted octanol–water partition coefficient (Wildman–Crippen LogP) is 1.22. The van der Waals surface area contributed by atoms with Gasteiger partial charge in [-0.3, -0.25) is 4.21 Å². The molecule has 0 radical (unpaired) electrons. The zero-order valence-corrected chi connectivity index (χ0v) is 12.0. The fraction of sp³-hybridized carbons (Fsp3) is 1.00. The van der Waals surface area contributed by atoms with E-state index in [0.29, 0.717) is 5.54 Å². The lowest BCUT2D eigenvalue weighted by Gasteiger charge is -2.33. The van der Waals surface area contributed by atoms with Crippen LogP contribution in [0.5, 0.6) is 0 Å². The van der Waals surface area contributed by atoms with Gasteiger partial charge >= 0.3 is 0 Å². The van der Waals surface area contributed by atoms with Gasteiger partial charge in [0, 0.05) is 40.9 Å². The maximum atomic E-state index is 11.5. The van der Waals surface area contributed by atoms with Gasteiger partial charge in [-0.1, -0.05) is 6.92 Å². The van der Waals surface area contributed by atoms with Gasteiger partial charge in [-0.15, -0.1) is 0 Å². The smallest absolute Gasteiger partial charge is 0.0362 e. The molecule has 1 aliphatic carbocycles. The molecule has 0 aromatic rings. The summed E-state index contributed by atoms with van der Waals surface area (Å²) in [5.74, 6) is 2.52. The van der Waals surface area contributed by atoms with Crippen molar-refractivity contribution in [1.29, 1.82) is 0 Å². The van der Waals surface area contributed by atoms with Crippen molar-refractivity contribution in [3.8, 4) is 0 Å². The van der Waals surface area contributed by atoms with Crippen LogP contribution in [0.3, 0.4) is 0 Å². The third-order valence-corrected chi connectivity index (χ3v) is 5.45. The summed E-state index contributed by atoms with van der Waals surface area (Å²) >= 11 is 0. The van der Waals surface area contributed by atoms with Crippen molar-refractivity contribution in [2.24, 2.45) is 5.92 Å². The first-order chi connectivity index (χ1) is 8.14. The van der Waals surface area contributed by atoms with E-state index in [-0.39, 0.29) is 0 Å². The molecule has 0 aromatic heterocycles. The molecule has 0 aromatic carbocycles. The monoisotopic (exact) mass is 258 g/mol. The topological polar surface area (TPSA) is 32.3 Å². The maximum Gasteiger partial charge on any atom is 0.0362 e. The van der Waals surface area contributed by atoms with Crippen LogP contribution in [0.1, 0.15) is 33.1 Å². The summed E-state index contributed by atoms with van der Waals surface area (Å²) in [4.78, 5) is 2.52. The van der Waals surface area contributed by atoms with Crippen LogP contribution in [-0.2, 0) is 10.8 Å². The first-order valence-corrected chi connectivity index (χ1v) is 8.45. The van der Waals surface area contributed by atoms with Gasteiger partial charge in [-0.25, -0.2) is 0 Å². The van der Waals surface area contributed by atoms with Crippen molar-refractivity contribution in [2.45, 2.75) is 38.6 Å². The first kappa shape index (κ1) is 13.5. The minimum atomic E-state index is -0.616. The lowest BCUT2D eigenvalue weighted by Crippen LogP contribution is -2.51. The van der Waals surface area contributed by atoms with Crippen molar-refractivity contribution >= 4 is 10.8 Å². The minimum absolute atomic E-state index is 0.310. The highest BCUT2D eigenvalue weighted by atomic mass is 32.2. The Bertz CT molecular complexity index is 281. The minimum Gasteiger partial charge on any atom is -0.310 e. The normalized spacial score (nSPS) is 33.3. The van der Waals surface area contributed by atoms with Crippen LogP contribution in [0, 0.1) is 5.92 Å². The Hall–Kier alpha value is 0.0700. The van der Waals surface area contributed by atoms with Crippen LogP contribution in [0.25, 0.3) is 0 Å². The van der Waals surface area contributed by atoms with Crippen molar-refractivity contribution < 1.29 is 4.21 Å². The van der Waals surface area contributed by atoms with Gasteiger partial charge in [0.05, 0.1) is 0 Å². The summed E-state index contributed by atoms with van der Waals surface area (Å²) < 4.78 is 11.5. The van der Waals surface area contributed by atoms with Crippen LogP contribution in [0.15, 0.2) is 0 Å². The molecular weight excluding hydrogens is 232 g/mol. The standard InChI is InChI=1S/C13H26N2OS/c1-3-17(16)10-9-15-8-4-7-14-13(2,11-15)12-5-6-12/h12,14H,3-11H2,1-2H3. The van der Waals surface area contributed by atoms with E-state index in [2.05, 4.69) is 17.1 Å². The van der Waals surface area contributed by atoms with E-state index in [1.165, 1.54) is 19.3 Å². The highest BCUT2D eigenvalue weighted by Gasteiger charge is 2.42.